The first-order valence-corrected chi connectivity index (χ1v) is 11.8. The Balaban J connectivity index is 1.14. The van der Waals surface area contributed by atoms with Gasteiger partial charge in [-0.3, -0.25) is 4.79 Å². The average Bonchev–Trinajstić information content (AvgIpc) is 3.27. The Bertz CT molecular complexity index is 646. The zero-order valence-corrected chi connectivity index (χ0v) is 18.1. The number of nitrogens with one attached hydrogen (secondary N) is 2. The number of unbranched alkanes of at least 4 members (excludes halogenated alkanes) is 3. The van der Waals surface area contributed by atoms with Crippen LogP contribution in [0.15, 0.2) is 11.8 Å². The molecule has 3 N–H and O–H groups in total. The fourth-order valence-corrected chi connectivity index (χ4v) is 6.70. The van der Waals surface area contributed by atoms with E-state index in [1.165, 1.54) is 38.5 Å². The number of aliphatic carboxylic acids is 1. The lowest BCUT2D eigenvalue weighted by Gasteiger charge is -2.57. The summed E-state index contributed by atoms with van der Waals surface area (Å²) in [6.45, 7) is 5.16. The van der Waals surface area contributed by atoms with Gasteiger partial charge >= 0.3 is 5.97 Å². The van der Waals surface area contributed by atoms with Crippen LogP contribution < -0.4 is 10.6 Å². The van der Waals surface area contributed by atoms with Crippen molar-refractivity contribution < 1.29 is 14.7 Å². The smallest absolute Gasteiger partial charge is 0.352 e. The topological polar surface area (TPSA) is 78.4 Å². The quantitative estimate of drug-likeness (QED) is 0.377. The van der Waals surface area contributed by atoms with Crippen molar-refractivity contribution in [2.75, 3.05) is 6.54 Å². The summed E-state index contributed by atoms with van der Waals surface area (Å²) in [7, 11) is 0. The van der Waals surface area contributed by atoms with Crippen LogP contribution in [0.1, 0.15) is 84.5 Å². The molecule has 0 aromatic rings. The molecule has 5 aliphatic rings. The molecule has 0 heterocycles. The van der Waals surface area contributed by atoms with E-state index in [1.807, 2.05) is 13.8 Å². The summed E-state index contributed by atoms with van der Waals surface area (Å²) < 4.78 is 0. The van der Waals surface area contributed by atoms with Crippen molar-refractivity contribution in [3.05, 3.63) is 11.8 Å². The third-order valence-corrected chi connectivity index (χ3v) is 8.09. The van der Waals surface area contributed by atoms with Crippen LogP contribution in [0.2, 0.25) is 0 Å². The summed E-state index contributed by atoms with van der Waals surface area (Å²) in [5, 5.41) is 15.9. The molecule has 1 unspecified atom stereocenters. The van der Waals surface area contributed by atoms with E-state index in [0.717, 1.165) is 50.0 Å². The Morgan fingerprint density at radius 2 is 1.55 bits per heavy atom. The Labute approximate surface area is 175 Å². The highest BCUT2D eigenvalue weighted by Crippen LogP contribution is 2.55. The molecule has 0 aromatic heterocycles. The molecule has 0 saturated heterocycles. The van der Waals surface area contributed by atoms with Crippen LogP contribution in [-0.4, -0.2) is 29.1 Å². The highest BCUT2D eigenvalue weighted by Gasteiger charge is 2.51. The normalized spacial score (nSPS) is 36.8. The Hall–Kier alpha value is -1.36. The molecular formula is C24H38N2O3. The number of hydrogen-bond donors (Lipinski definition) is 3. The van der Waals surface area contributed by atoms with Crippen LogP contribution >= 0.6 is 0 Å². The number of carbonyl (C=O) groups excluding carboxylic acids is 1. The molecule has 5 nitrogen and oxygen atoms in total. The first kappa shape index (κ1) is 20.9. The molecule has 5 rings (SSSR count). The van der Waals surface area contributed by atoms with Crippen molar-refractivity contribution in [1.82, 2.24) is 10.6 Å². The number of carboxylic acid groups (broad SMARTS) is 1. The molecule has 0 aromatic carbocycles. The van der Waals surface area contributed by atoms with Gasteiger partial charge in [-0.25, -0.2) is 4.79 Å². The van der Waals surface area contributed by atoms with Crippen molar-refractivity contribution in [2.45, 2.75) is 90.0 Å². The highest BCUT2D eigenvalue weighted by atomic mass is 16.4. The van der Waals surface area contributed by atoms with E-state index in [0.29, 0.717) is 12.0 Å². The Kier molecular flexibility index (Phi) is 5.80. The summed E-state index contributed by atoms with van der Waals surface area (Å²) in [4.78, 5) is 23.6. The summed E-state index contributed by atoms with van der Waals surface area (Å²) in [6, 6.07) is 0. The van der Waals surface area contributed by atoms with Crippen LogP contribution in [0.4, 0.5) is 0 Å². The summed E-state index contributed by atoms with van der Waals surface area (Å²) in [5.41, 5.74) is 0.494. The average molecular weight is 403 g/mol. The zero-order valence-electron chi connectivity index (χ0n) is 18.1. The molecule has 5 saturated carbocycles. The molecule has 0 radical (unpaired) electrons. The van der Waals surface area contributed by atoms with Gasteiger partial charge in [-0.05, 0) is 93.9 Å². The van der Waals surface area contributed by atoms with Crippen LogP contribution in [0.3, 0.4) is 0 Å². The molecule has 0 aliphatic heterocycles. The van der Waals surface area contributed by atoms with Gasteiger partial charge in [-0.1, -0.05) is 26.3 Å². The standard InChI is InChI=1S/C24H38N2O3/c1-23(2)15-19(23)21(27)26-20(22(28)29)7-5-3-4-6-8-25-24-12-16-9-17(13-24)11-18(10-16)14-24/h7,16-19,25H,3-6,8-15H2,1-2H3,(H,26,27)(H,28,29)/b20-7-. The highest BCUT2D eigenvalue weighted by molar-refractivity contribution is 5.94. The summed E-state index contributed by atoms with van der Waals surface area (Å²) in [6.07, 6.45) is 15.0. The van der Waals surface area contributed by atoms with Gasteiger partial charge in [0.25, 0.3) is 0 Å². The van der Waals surface area contributed by atoms with Crippen LogP contribution in [0.25, 0.3) is 0 Å². The van der Waals surface area contributed by atoms with Crippen LogP contribution in [-0.2, 0) is 9.59 Å². The van der Waals surface area contributed by atoms with Gasteiger partial charge in [0.1, 0.15) is 5.70 Å². The van der Waals surface area contributed by atoms with Gasteiger partial charge in [-0.2, -0.15) is 0 Å². The fourth-order valence-electron chi connectivity index (χ4n) is 6.70. The van der Waals surface area contributed by atoms with E-state index in [9.17, 15) is 14.7 Å². The molecule has 0 spiro atoms. The minimum absolute atomic E-state index is 0.0113. The predicted octanol–water partition coefficient (Wildman–Crippen LogP) is 4.24. The maximum atomic E-state index is 12.1. The van der Waals surface area contributed by atoms with Gasteiger partial charge in [0.05, 0.1) is 0 Å². The summed E-state index contributed by atoms with van der Waals surface area (Å²) >= 11 is 0. The van der Waals surface area contributed by atoms with Gasteiger partial charge in [0, 0.05) is 11.5 Å². The van der Waals surface area contributed by atoms with E-state index >= 15 is 0 Å². The lowest BCUT2D eigenvalue weighted by atomic mass is 9.53. The summed E-state index contributed by atoms with van der Waals surface area (Å²) in [5.74, 6) is 1.68. The minimum atomic E-state index is -1.04. The molecule has 1 amide bonds. The van der Waals surface area contributed by atoms with Crippen molar-refractivity contribution in [2.24, 2.45) is 29.1 Å². The van der Waals surface area contributed by atoms with Gasteiger partial charge < -0.3 is 15.7 Å². The van der Waals surface area contributed by atoms with Crippen LogP contribution in [0.5, 0.6) is 0 Å². The number of carboxylic acids is 1. The largest absolute Gasteiger partial charge is 0.477 e. The van der Waals surface area contributed by atoms with Crippen molar-refractivity contribution in [3.63, 3.8) is 0 Å². The first-order valence-electron chi connectivity index (χ1n) is 11.8. The molecule has 5 aliphatic carbocycles. The van der Waals surface area contributed by atoms with Gasteiger partial charge in [-0.15, -0.1) is 0 Å². The molecule has 4 bridgehead atoms. The zero-order chi connectivity index (χ0) is 20.6. The number of allylic oxidation sites excluding steroid dienone is 1. The predicted molar refractivity (Wildman–Crippen MR) is 113 cm³/mol. The lowest BCUT2D eigenvalue weighted by Crippen LogP contribution is -2.58. The van der Waals surface area contributed by atoms with E-state index in [4.69, 9.17) is 0 Å². The van der Waals surface area contributed by atoms with Crippen molar-refractivity contribution in [3.8, 4) is 0 Å². The molecule has 5 heteroatoms. The molecule has 1 atom stereocenters. The number of carbonyl (C=O) groups is 2. The lowest BCUT2D eigenvalue weighted by molar-refractivity contribution is -0.135. The van der Waals surface area contributed by atoms with Crippen molar-refractivity contribution in [1.29, 1.82) is 0 Å². The SMILES string of the molecule is CC1(C)CC1C(=O)N/C(=C\CCCCCNC12CC3CC(CC(C3)C1)C2)C(=O)O. The van der Waals surface area contributed by atoms with Crippen molar-refractivity contribution >= 4 is 11.9 Å². The second kappa shape index (κ2) is 8.05. The monoisotopic (exact) mass is 402 g/mol. The molecule has 5 fully saturated rings. The van der Waals surface area contributed by atoms with E-state index in [2.05, 4.69) is 10.6 Å². The second-order valence-electron chi connectivity index (χ2n) is 11.1. The van der Waals surface area contributed by atoms with Gasteiger partial charge in [0.2, 0.25) is 5.91 Å². The number of hydrogen-bond acceptors (Lipinski definition) is 3. The third-order valence-electron chi connectivity index (χ3n) is 8.09. The Morgan fingerprint density at radius 1 is 0.966 bits per heavy atom. The van der Waals surface area contributed by atoms with E-state index < -0.39 is 5.97 Å². The van der Waals surface area contributed by atoms with E-state index in [-0.39, 0.29) is 22.9 Å². The molecule has 162 valence electrons. The number of rotatable bonds is 10. The minimum Gasteiger partial charge on any atom is -0.477 e. The Morgan fingerprint density at radius 3 is 2.07 bits per heavy atom. The second-order valence-corrected chi connectivity index (χ2v) is 11.1. The maximum Gasteiger partial charge on any atom is 0.352 e. The fraction of sp³-hybridized carbons (Fsp3) is 0.833. The molecule has 29 heavy (non-hydrogen) atoms. The maximum absolute atomic E-state index is 12.1. The van der Waals surface area contributed by atoms with Gasteiger partial charge in [0.15, 0.2) is 0 Å². The molecular weight excluding hydrogens is 364 g/mol. The first-order chi connectivity index (χ1) is 13.8. The van der Waals surface area contributed by atoms with E-state index in [1.54, 1.807) is 6.08 Å². The third kappa shape index (κ3) is 4.87. The number of amides is 1. The van der Waals surface area contributed by atoms with Crippen LogP contribution in [0, 0.1) is 29.1 Å².